The average Bonchev–Trinajstić information content (AvgIpc) is 3.43. The first-order chi connectivity index (χ1) is 12.6. The van der Waals surface area contributed by atoms with Crippen LogP contribution in [0.2, 0.25) is 0 Å². The number of anilines is 2. The van der Waals surface area contributed by atoms with E-state index in [1.54, 1.807) is 19.1 Å². The van der Waals surface area contributed by atoms with Crippen LogP contribution in [-0.4, -0.2) is 45.5 Å². The minimum absolute atomic E-state index is 0.0548. The zero-order valence-corrected chi connectivity index (χ0v) is 16.0. The lowest BCUT2D eigenvalue weighted by atomic mass is 10.2. The van der Waals surface area contributed by atoms with E-state index < -0.39 is 22.0 Å². The number of carbonyl (C=O) groups excluding carboxylic acids is 1. The summed E-state index contributed by atoms with van der Waals surface area (Å²) < 4.78 is 58.9. The average molecular weight is 401 g/mol. The molecule has 0 amide bonds. The highest BCUT2D eigenvalue weighted by atomic mass is 32.2. The predicted octanol–water partition coefficient (Wildman–Crippen LogP) is 2.15. The van der Waals surface area contributed by atoms with Gasteiger partial charge in [0.1, 0.15) is 0 Å². The highest BCUT2D eigenvalue weighted by molar-refractivity contribution is 7.94. The molecule has 2 heterocycles. The number of aromatic nitrogens is 1. The number of rotatable bonds is 5. The Morgan fingerprint density at radius 3 is 2.67 bits per heavy atom. The largest absolute Gasteiger partial charge is 0.466 e. The molecule has 1 aliphatic heterocycles. The Hall–Kier alpha value is -1.97. The zero-order chi connectivity index (χ0) is 19.7. The maximum Gasteiger partial charge on any atom is 0.327 e. The maximum atomic E-state index is 13.3. The molecule has 0 radical (unpaired) electrons. The lowest BCUT2D eigenvalue weighted by molar-refractivity contribution is -0.145. The molecule has 0 aromatic carbocycles. The van der Waals surface area contributed by atoms with Crippen molar-refractivity contribution < 1.29 is 26.7 Å². The molecule has 0 spiro atoms. The van der Waals surface area contributed by atoms with Crippen LogP contribution in [0.3, 0.4) is 0 Å². The van der Waals surface area contributed by atoms with Crippen LogP contribution in [0.25, 0.3) is 0 Å². The fourth-order valence-corrected chi connectivity index (χ4v) is 5.23. The summed E-state index contributed by atoms with van der Waals surface area (Å²) >= 11 is 0. The lowest BCUT2D eigenvalue weighted by Gasteiger charge is -2.18. The highest BCUT2D eigenvalue weighted by Crippen LogP contribution is 2.55. The molecular weight excluding hydrogens is 380 g/mol. The summed E-state index contributed by atoms with van der Waals surface area (Å²) in [5, 5.41) is 0. The van der Waals surface area contributed by atoms with E-state index in [2.05, 4.69) is 4.98 Å². The van der Waals surface area contributed by atoms with Crippen molar-refractivity contribution in [2.24, 2.45) is 17.8 Å². The molecular formula is C17H21F2N3O4S. The predicted molar refractivity (Wildman–Crippen MR) is 94.0 cm³/mol. The van der Waals surface area contributed by atoms with Gasteiger partial charge in [-0.05, 0) is 25.0 Å². The van der Waals surface area contributed by atoms with E-state index in [0.29, 0.717) is 18.0 Å². The van der Waals surface area contributed by atoms with Crippen molar-refractivity contribution in [3.8, 4) is 0 Å². The van der Waals surface area contributed by atoms with Crippen LogP contribution >= 0.6 is 0 Å². The Balaban J connectivity index is 1.61. The monoisotopic (exact) mass is 401 g/mol. The summed E-state index contributed by atoms with van der Waals surface area (Å²) in [7, 11) is -2.57. The third kappa shape index (κ3) is 2.76. The number of fused-ring (bicyclic) bond motifs is 1. The summed E-state index contributed by atoms with van der Waals surface area (Å²) in [6.45, 7) is 3.70. The quantitative estimate of drug-likeness (QED) is 0.707. The van der Waals surface area contributed by atoms with E-state index in [4.69, 9.17) is 4.74 Å². The molecule has 10 heteroatoms. The van der Waals surface area contributed by atoms with Crippen molar-refractivity contribution in [3.63, 3.8) is 0 Å². The van der Waals surface area contributed by atoms with Crippen LogP contribution in [0.1, 0.15) is 31.9 Å². The fraction of sp³-hybridized carbons (Fsp3) is 0.647. The van der Waals surface area contributed by atoms with Gasteiger partial charge in [0.15, 0.2) is 5.82 Å². The van der Waals surface area contributed by atoms with E-state index in [0.717, 1.165) is 8.61 Å². The van der Waals surface area contributed by atoms with Crippen molar-refractivity contribution in [2.75, 3.05) is 28.8 Å². The second-order valence-electron chi connectivity index (χ2n) is 7.41. The summed E-state index contributed by atoms with van der Waals surface area (Å²) in [6, 6.07) is 3.26. The van der Waals surface area contributed by atoms with Crippen molar-refractivity contribution in [1.82, 2.24) is 4.98 Å². The van der Waals surface area contributed by atoms with E-state index in [1.807, 2.05) is 6.92 Å². The molecule has 0 saturated heterocycles. The fourth-order valence-electron chi connectivity index (χ4n) is 3.83. The number of halogens is 2. The number of hydrogen-bond donors (Lipinski definition) is 0. The maximum absolute atomic E-state index is 13.3. The number of esters is 1. The van der Waals surface area contributed by atoms with Gasteiger partial charge in [-0.25, -0.2) is 22.4 Å². The van der Waals surface area contributed by atoms with Crippen LogP contribution in [0.5, 0.6) is 0 Å². The Morgan fingerprint density at radius 1 is 1.41 bits per heavy atom. The summed E-state index contributed by atoms with van der Waals surface area (Å²) in [6.07, 6.45) is -0.301. The second-order valence-corrected chi connectivity index (χ2v) is 9.29. The van der Waals surface area contributed by atoms with Gasteiger partial charge in [-0.2, -0.15) is 8.42 Å². The molecule has 4 unspecified atom stereocenters. The van der Waals surface area contributed by atoms with Crippen molar-refractivity contribution in [2.45, 2.75) is 32.1 Å². The number of pyridine rings is 1. The van der Waals surface area contributed by atoms with Gasteiger partial charge in [-0.1, -0.05) is 6.92 Å². The SMILES string of the molecule is CCOC(=O)C1C(C)C1c1ccc2c(n1)N(C)S(=O)(=O)N2CC1CC1(F)F. The molecule has 4 rings (SSSR count). The number of hydrogen-bond acceptors (Lipinski definition) is 5. The molecule has 4 atom stereocenters. The molecule has 0 bridgehead atoms. The van der Waals surface area contributed by atoms with Gasteiger partial charge < -0.3 is 4.74 Å². The Labute approximate surface area is 156 Å². The van der Waals surface area contributed by atoms with Crippen LogP contribution < -0.4 is 8.61 Å². The highest BCUT2D eigenvalue weighted by Gasteiger charge is 2.59. The van der Waals surface area contributed by atoms with Gasteiger partial charge in [0, 0.05) is 37.5 Å². The molecule has 27 heavy (non-hydrogen) atoms. The van der Waals surface area contributed by atoms with Crippen LogP contribution in [0.15, 0.2) is 12.1 Å². The van der Waals surface area contributed by atoms with E-state index >= 15 is 0 Å². The third-order valence-electron chi connectivity index (χ3n) is 5.69. The second kappa shape index (κ2) is 5.76. The standard InChI is InChI=1S/C17H21F2N3O4S/c1-4-26-16(23)14-9(2)13(14)11-5-6-12-15(20-11)21(3)27(24,25)22(12)8-10-7-17(10,18)19/h5-6,9-10,13-14H,4,7-8H2,1-3H3. The Bertz CT molecular complexity index is 907. The van der Waals surface area contributed by atoms with Crippen LogP contribution in [0, 0.1) is 17.8 Å². The zero-order valence-electron chi connectivity index (χ0n) is 15.2. The third-order valence-corrected chi connectivity index (χ3v) is 7.46. The van der Waals surface area contributed by atoms with Crippen molar-refractivity contribution in [3.05, 3.63) is 17.8 Å². The molecule has 1 aromatic heterocycles. The van der Waals surface area contributed by atoms with Gasteiger partial charge in [0.25, 0.3) is 5.92 Å². The molecule has 3 aliphatic rings. The minimum atomic E-state index is -3.93. The first-order valence-corrected chi connectivity index (χ1v) is 10.3. The summed E-state index contributed by atoms with van der Waals surface area (Å²) in [4.78, 5) is 16.5. The molecule has 2 fully saturated rings. The van der Waals surface area contributed by atoms with Gasteiger partial charge in [-0.3, -0.25) is 4.79 Å². The normalized spacial score (nSPS) is 32.2. The van der Waals surface area contributed by atoms with Gasteiger partial charge >= 0.3 is 16.2 Å². The van der Waals surface area contributed by atoms with Gasteiger partial charge in [0.05, 0.1) is 18.2 Å². The number of ether oxygens (including phenoxy) is 1. The Morgan fingerprint density at radius 2 is 2.07 bits per heavy atom. The number of nitrogens with zero attached hydrogens (tertiary/aromatic N) is 3. The minimum Gasteiger partial charge on any atom is -0.466 e. The first-order valence-electron chi connectivity index (χ1n) is 8.91. The van der Waals surface area contributed by atoms with E-state index in [-0.39, 0.29) is 42.5 Å². The van der Waals surface area contributed by atoms with Crippen LogP contribution in [-0.2, 0) is 19.7 Å². The first kappa shape index (κ1) is 18.4. The van der Waals surface area contributed by atoms with Gasteiger partial charge in [0.2, 0.25) is 0 Å². The Kier molecular flexibility index (Phi) is 3.93. The topological polar surface area (TPSA) is 79.8 Å². The number of carbonyl (C=O) groups is 1. The number of alkyl halides is 2. The van der Waals surface area contributed by atoms with E-state index in [1.165, 1.54) is 7.05 Å². The summed E-state index contributed by atoms with van der Waals surface area (Å²) in [5.41, 5.74) is 0.907. The van der Waals surface area contributed by atoms with Crippen molar-refractivity contribution in [1.29, 1.82) is 0 Å². The smallest absolute Gasteiger partial charge is 0.327 e. The molecule has 7 nitrogen and oxygen atoms in total. The van der Waals surface area contributed by atoms with Gasteiger partial charge in [-0.15, -0.1) is 0 Å². The summed E-state index contributed by atoms with van der Waals surface area (Å²) in [5.74, 6) is -4.22. The molecule has 2 aliphatic carbocycles. The van der Waals surface area contributed by atoms with Crippen molar-refractivity contribution >= 4 is 27.7 Å². The molecule has 0 N–H and O–H groups in total. The van der Waals surface area contributed by atoms with Crippen LogP contribution in [0.4, 0.5) is 20.3 Å². The molecule has 2 saturated carbocycles. The molecule has 1 aromatic rings. The molecule has 148 valence electrons. The van der Waals surface area contributed by atoms with E-state index in [9.17, 15) is 22.0 Å². The lowest BCUT2D eigenvalue weighted by Crippen LogP contribution is -2.37.